The van der Waals surface area contributed by atoms with Gasteiger partial charge in [0.2, 0.25) is 5.96 Å². The molecule has 7 nitrogen and oxygen atoms in total. The van der Waals surface area contributed by atoms with Crippen LogP contribution in [0.4, 0.5) is 34.7 Å². The fraction of sp³-hybridized carbons (Fsp3) is 0.273. The number of fused-ring (bicyclic) bond motifs is 1. The van der Waals surface area contributed by atoms with Crippen molar-refractivity contribution in [2.75, 3.05) is 36.5 Å². The average molecular weight is 543 g/mol. The van der Waals surface area contributed by atoms with Crippen molar-refractivity contribution < 1.29 is 17.9 Å². The molecule has 0 bridgehead atoms. The lowest BCUT2D eigenvalue weighted by Gasteiger charge is -2.40. The fourth-order valence-electron chi connectivity index (χ4n) is 3.84. The Hall–Kier alpha value is -2.57. The third kappa shape index (κ3) is 4.78. The minimum absolute atomic E-state index is 0.429. The molecule has 0 aliphatic carbocycles. The summed E-state index contributed by atoms with van der Waals surface area (Å²) in [6.45, 7) is 2.14. The van der Waals surface area contributed by atoms with Gasteiger partial charge < -0.3 is 20.7 Å². The molecule has 2 aliphatic rings. The van der Waals surface area contributed by atoms with Gasteiger partial charge in [-0.3, -0.25) is 4.90 Å². The van der Waals surface area contributed by atoms with Crippen LogP contribution in [0.2, 0.25) is 10.0 Å². The molecule has 3 N–H and O–H groups in total. The molecule has 0 spiro atoms. The monoisotopic (exact) mass is 542 g/mol. The Morgan fingerprint density at radius 2 is 1.71 bits per heavy atom. The molecule has 1 saturated heterocycles. The van der Waals surface area contributed by atoms with Gasteiger partial charge in [0.05, 0.1) is 34.5 Å². The number of hydrogen-bond acceptors (Lipinski definition) is 8. The second kappa shape index (κ2) is 9.47. The van der Waals surface area contributed by atoms with Crippen LogP contribution in [0.3, 0.4) is 0 Å². The summed E-state index contributed by atoms with van der Waals surface area (Å²) in [5, 5.41) is 5.07. The average Bonchev–Trinajstić information content (AvgIpc) is 3.25. The molecule has 2 aromatic carbocycles. The molecule has 0 radical (unpaired) electrons. The van der Waals surface area contributed by atoms with Gasteiger partial charge in [0, 0.05) is 18.8 Å². The predicted molar refractivity (Wildman–Crippen MR) is 132 cm³/mol. The second-order valence-corrected chi connectivity index (χ2v) is 9.59. The highest BCUT2D eigenvalue weighted by Gasteiger charge is 2.36. The van der Waals surface area contributed by atoms with Gasteiger partial charge in [0.15, 0.2) is 5.13 Å². The lowest BCUT2D eigenvalue weighted by Crippen LogP contribution is -2.53. The molecule has 5 rings (SSSR count). The zero-order valence-corrected chi connectivity index (χ0v) is 20.3. The Balaban J connectivity index is 1.53. The van der Waals surface area contributed by atoms with Crippen LogP contribution in [-0.4, -0.2) is 42.1 Å². The number of thiazole rings is 1. The molecule has 1 fully saturated rings. The highest BCUT2D eigenvalue weighted by atomic mass is 35.5. The molecule has 2 aliphatic heterocycles. The normalized spacial score (nSPS) is 18.3. The first-order valence-electron chi connectivity index (χ1n) is 10.6. The number of nitrogens with two attached hydrogens (primary N) is 1. The predicted octanol–water partition coefficient (Wildman–Crippen LogP) is 6.01. The molecule has 0 saturated carbocycles. The smallest absolute Gasteiger partial charge is 0.378 e. The number of rotatable bonds is 3. The van der Waals surface area contributed by atoms with Crippen molar-refractivity contribution in [3.63, 3.8) is 0 Å². The number of aliphatic imine (C=N–C) groups is 1. The van der Waals surface area contributed by atoms with E-state index in [1.807, 2.05) is 4.90 Å². The van der Waals surface area contributed by atoms with Gasteiger partial charge in [-0.25, -0.2) is 9.98 Å². The van der Waals surface area contributed by atoms with E-state index < -0.39 is 17.9 Å². The molecule has 1 unspecified atom stereocenters. The molecule has 1 aromatic heterocycles. The van der Waals surface area contributed by atoms with Gasteiger partial charge in [-0.15, -0.1) is 0 Å². The quantitative estimate of drug-likeness (QED) is 0.422. The maximum Gasteiger partial charge on any atom is 0.416 e. The summed E-state index contributed by atoms with van der Waals surface area (Å²) in [5.74, 6) is 0.527. The number of nitrogens with one attached hydrogen (secondary N) is 1. The summed E-state index contributed by atoms with van der Waals surface area (Å²) in [7, 11) is 0. The van der Waals surface area contributed by atoms with Crippen molar-refractivity contribution in [2.45, 2.75) is 12.3 Å². The van der Waals surface area contributed by atoms with Crippen molar-refractivity contribution in [2.24, 2.45) is 10.7 Å². The number of para-hydroxylation sites is 1. The van der Waals surface area contributed by atoms with Crippen molar-refractivity contribution in [1.82, 2.24) is 9.88 Å². The van der Waals surface area contributed by atoms with Crippen LogP contribution in [0.15, 0.2) is 47.5 Å². The lowest BCUT2D eigenvalue weighted by atomic mass is 10.1. The molecular formula is C22H19Cl2F3N6OS. The topological polar surface area (TPSA) is 79.0 Å². The molecule has 3 heterocycles. The summed E-state index contributed by atoms with van der Waals surface area (Å²) >= 11 is 13.8. The number of alkyl halides is 3. The highest BCUT2D eigenvalue weighted by molar-refractivity contribution is 7.19. The zero-order chi connectivity index (χ0) is 24.7. The Kier molecular flexibility index (Phi) is 6.53. The molecule has 1 atom stereocenters. The number of benzene rings is 2. The van der Waals surface area contributed by atoms with Crippen molar-refractivity contribution >= 4 is 62.0 Å². The number of hydrogen-bond donors (Lipinski definition) is 2. The van der Waals surface area contributed by atoms with Crippen molar-refractivity contribution in [3.8, 4) is 0 Å². The second-order valence-electron chi connectivity index (χ2n) is 7.80. The minimum Gasteiger partial charge on any atom is -0.378 e. The number of aromatic nitrogens is 1. The first-order chi connectivity index (χ1) is 16.7. The van der Waals surface area contributed by atoms with E-state index >= 15 is 0 Å². The number of anilines is 3. The largest absolute Gasteiger partial charge is 0.416 e. The Labute approximate surface area is 212 Å². The lowest BCUT2D eigenvalue weighted by molar-refractivity contribution is -0.137. The van der Waals surface area contributed by atoms with Gasteiger partial charge in [-0.1, -0.05) is 40.6 Å². The molecule has 184 valence electrons. The summed E-state index contributed by atoms with van der Waals surface area (Å²) in [6.07, 6.45) is -5.22. The number of nitrogens with zero attached hydrogens (tertiary/aromatic N) is 4. The van der Waals surface area contributed by atoms with Crippen LogP contribution in [0, 0.1) is 0 Å². The fourth-order valence-corrected chi connectivity index (χ4v) is 5.21. The van der Waals surface area contributed by atoms with E-state index in [4.69, 9.17) is 38.7 Å². The number of halogens is 5. The van der Waals surface area contributed by atoms with Gasteiger partial charge in [-0.05, 0) is 36.4 Å². The standard InChI is InChI=1S/C22H19Cl2F3N6OS/c23-14-2-1-3-15(24)16(14)29-20-30-17-18(28)33(13-6-4-12(5-7-13)22(25,26)27)21(31-19(17)35-20)32-8-10-34-11-9-32/h1-7,18H,8-11,28H2,(H,29,30). The summed E-state index contributed by atoms with van der Waals surface area (Å²) in [6, 6.07) is 9.98. The Morgan fingerprint density at radius 1 is 1.06 bits per heavy atom. The van der Waals surface area contributed by atoms with Crippen molar-refractivity contribution in [3.05, 3.63) is 63.8 Å². The van der Waals surface area contributed by atoms with E-state index in [0.29, 0.717) is 69.5 Å². The highest BCUT2D eigenvalue weighted by Crippen LogP contribution is 2.43. The van der Waals surface area contributed by atoms with Crippen LogP contribution in [0.1, 0.15) is 17.4 Å². The van der Waals surface area contributed by atoms with E-state index in [9.17, 15) is 13.2 Å². The van der Waals surface area contributed by atoms with E-state index in [-0.39, 0.29) is 0 Å². The molecular weight excluding hydrogens is 524 g/mol. The van der Waals surface area contributed by atoms with Crippen LogP contribution < -0.4 is 16.0 Å². The minimum atomic E-state index is -4.44. The van der Waals surface area contributed by atoms with Gasteiger partial charge in [-0.2, -0.15) is 13.2 Å². The Bertz CT molecular complexity index is 1240. The maximum atomic E-state index is 13.1. The zero-order valence-electron chi connectivity index (χ0n) is 18.0. The van der Waals surface area contributed by atoms with E-state index in [1.54, 1.807) is 23.1 Å². The summed E-state index contributed by atoms with van der Waals surface area (Å²) in [5.41, 5.74) is 7.36. The number of ether oxygens (including phenoxy) is 1. The third-order valence-corrected chi connectivity index (χ3v) is 7.08. The van der Waals surface area contributed by atoms with Crippen LogP contribution in [-0.2, 0) is 10.9 Å². The molecule has 3 aromatic rings. The van der Waals surface area contributed by atoms with E-state index in [2.05, 4.69) is 10.3 Å². The Morgan fingerprint density at radius 3 is 2.34 bits per heavy atom. The number of guanidine groups is 1. The van der Waals surface area contributed by atoms with Crippen LogP contribution in [0.5, 0.6) is 0 Å². The summed E-state index contributed by atoms with van der Waals surface area (Å²) in [4.78, 5) is 13.1. The van der Waals surface area contributed by atoms with E-state index in [0.717, 1.165) is 12.1 Å². The first kappa shape index (κ1) is 24.1. The molecule has 35 heavy (non-hydrogen) atoms. The van der Waals surface area contributed by atoms with Crippen LogP contribution in [0.25, 0.3) is 0 Å². The van der Waals surface area contributed by atoms with E-state index in [1.165, 1.54) is 23.5 Å². The summed E-state index contributed by atoms with van der Waals surface area (Å²) < 4.78 is 44.8. The third-order valence-electron chi connectivity index (χ3n) is 5.57. The number of morpholine rings is 1. The molecule has 0 amide bonds. The van der Waals surface area contributed by atoms with Gasteiger partial charge in [0.25, 0.3) is 0 Å². The maximum absolute atomic E-state index is 13.1. The van der Waals surface area contributed by atoms with Crippen LogP contribution >= 0.6 is 34.5 Å². The van der Waals surface area contributed by atoms with Gasteiger partial charge in [0.1, 0.15) is 16.9 Å². The first-order valence-corrected chi connectivity index (χ1v) is 12.1. The SMILES string of the molecule is NC1c2nc(Nc3c(Cl)cccc3Cl)sc2N=C(N2CCOCC2)N1c1ccc(C(F)(F)F)cc1. The van der Waals surface area contributed by atoms with Crippen molar-refractivity contribution in [1.29, 1.82) is 0 Å². The molecule has 13 heteroatoms. The van der Waals surface area contributed by atoms with Gasteiger partial charge >= 0.3 is 6.18 Å².